The second-order valence-corrected chi connectivity index (χ2v) is 5.91. The quantitative estimate of drug-likeness (QED) is 0.736. The third-order valence-electron chi connectivity index (χ3n) is 4.32. The lowest BCUT2D eigenvalue weighted by Gasteiger charge is -2.29. The molecule has 0 spiro atoms. The number of nitriles is 1. The van der Waals surface area contributed by atoms with Gasteiger partial charge in [-0.3, -0.25) is 0 Å². The molecule has 7 heteroatoms. The normalized spacial score (nSPS) is 14.4. The summed E-state index contributed by atoms with van der Waals surface area (Å²) < 4.78 is 0. The molecule has 124 valence electrons. The molecular formula is C18H16N6O. The fraction of sp³-hybridized carbons (Fsp3) is 0.222. The fourth-order valence-electron chi connectivity index (χ4n) is 3.01. The first-order valence-electron chi connectivity index (χ1n) is 8.07. The number of aromatic hydroxyl groups is 1. The maximum atomic E-state index is 10.4. The number of phenolic OH excluding ortho intramolecular Hbond substituents is 1. The number of nitrogens with one attached hydrogen (secondary N) is 1. The zero-order chi connectivity index (χ0) is 17.2. The van der Waals surface area contributed by atoms with Crippen LogP contribution in [0.1, 0.15) is 5.69 Å². The molecule has 0 saturated carbocycles. The molecule has 0 unspecified atom stereocenters. The molecule has 1 aliphatic heterocycles. The van der Waals surface area contributed by atoms with Crippen molar-refractivity contribution in [1.82, 2.24) is 20.5 Å². The molecule has 1 saturated heterocycles. The molecule has 3 aromatic rings. The second-order valence-electron chi connectivity index (χ2n) is 5.91. The van der Waals surface area contributed by atoms with Crippen LogP contribution in [0.3, 0.4) is 0 Å². The molecule has 3 heterocycles. The Morgan fingerprint density at radius 1 is 1.16 bits per heavy atom. The van der Waals surface area contributed by atoms with E-state index in [9.17, 15) is 5.11 Å². The van der Waals surface area contributed by atoms with E-state index in [0.717, 1.165) is 37.3 Å². The van der Waals surface area contributed by atoms with Crippen molar-refractivity contribution in [3.05, 3.63) is 42.2 Å². The van der Waals surface area contributed by atoms with E-state index in [1.165, 1.54) is 0 Å². The molecule has 0 amide bonds. The van der Waals surface area contributed by atoms with Gasteiger partial charge in [-0.15, -0.1) is 0 Å². The summed E-state index contributed by atoms with van der Waals surface area (Å²) in [6, 6.07) is 10.7. The number of nitrogens with zero attached hydrogens (tertiary/aromatic N) is 5. The van der Waals surface area contributed by atoms with E-state index < -0.39 is 0 Å². The third-order valence-corrected chi connectivity index (χ3v) is 4.32. The summed E-state index contributed by atoms with van der Waals surface area (Å²) in [7, 11) is 0. The highest BCUT2D eigenvalue weighted by Gasteiger charge is 2.15. The predicted octanol–water partition coefficient (Wildman–Crippen LogP) is 1.68. The molecule has 7 nitrogen and oxygen atoms in total. The Kier molecular flexibility index (Phi) is 3.88. The minimum absolute atomic E-state index is 0.116. The molecule has 0 radical (unpaired) electrons. The monoisotopic (exact) mass is 332 g/mol. The lowest BCUT2D eigenvalue weighted by Crippen LogP contribution is -2.43. The number of piperazine rings is 1. The van der Waals surface area contributed by atoms with E-state index in [4.69, 9.17) is 5.26 Å². The first-order valence-corrected chi connectivity index (χ1v) is 8.07. The van der Waals surface area contributed by atoms with E-state index in [-0.39, 0.29) is 5.75 Å². The first kappa shape index (κ1) is 15.3. The van der Waals surface area contributed by atoms with Crippen molar-refractivity contribution in [3.63, 3.8) is 0 Å². The van der Waals surface area contributed by atoms with Crippen LogP contribution in [0, 0.1) is 11.3 Å². The number of benzene rings is 1. The lowest BCUT2D eigenvalue weighted by atomic mass is 10.1. The van der Waals surface area contributed by atoms with E-state index in [0.29, 0.717) is 22.5 Å². The summed E-state index contributed by atoms with van der Waals surface area (Å²) in [5, 5.41) is 31.8. The van der Waals surface area contributed by atoms with Gasteiger partial charge in [0.1, 0.15) is 17.5 Å². The summed E-state index contributed by atoms with van der Waals surface area (Å²) in [6.45, 7) is 3.67. The Balaban J connectivity index is 1.78. The highest BCUT2D eigenvalue weighted by molar-refractivity contribution is 5.87. The molecule has 1 aromatic carbocycles. The van der Waals surface area contributed by atoms with Gasteiger partial charge in [0.05, 0.1) is 23.1 Å². The minimum Gasteiger partial charge on any atom is -0.507 e. The molecule has 2 aromatic heterocycles. The van der Waals surface area contributed by atoms with E-state index in [2.05, 4.69) is 25.4 Å². The number of anilines is 1. The summed E-state index contributed by atoms with van der Waals surface area (Å²) in [5.74, 6) is 0.116. The van der Waals surface area contributed by atoms with Crippen LogP contribution in [0.5, 0.6) is 5.75 Å². The number of hydrogen-bond acceptors (Lipinski definition) is 7. The van der Waals surface area contributed by atoms with Crippen LogP contribution in [-0.4, -0.2) is 46.5 Å². The smallest absolute Gasteiger partial charge is 0.141 e. The van der Waals surface area contributed by atoms with Crippen molar-refractivity contribution < 1.29 is 5.11 Å². The van der Waals surface area contributed by atoms with Crippen LogP contribution in [0.15, 0.2) is 36.5 Å². The van der Waals surface area contributed by atoms with E-state index in [1.807, 2.05) is 12.1 Å². The molecule has 1 fully saturated rings. The average molecular weight is 332 g/mol. The lowest BCUT2D eigenvalue weighted by molar-refractivity contribution is 0.478. The van der Waals surface area contributed by atoms with Crippen LogP contribution in [0.25, 0.3) is 22.2 Å². The fourth-order valence-corrected chi connectivity index (χ4v) is 3.01. The van der Waals surface area contributed by atoms with Crippen molar-refractivity contribution in [1.29, 1.82) is 5.26 Å². The standard InChI is InChI=1S/C18H16N6O/c19-10-13-2-1-12-7-18(25)15(9-16(12)22-13)17-8-14(11-21-23-17)24-5-3-20-4-6-24/h1-2,7-9,11,20,25H,3-6H2. The zero-order valence-corrected chi connectivity index (χ0v) is 13.5. The van der Waals surface area contributed by atoms with Crippen molar-refractivity contribution in [2.45, 2.75) is 0 Å². The summed E-state index contributed by atoms with van der Waals surface area (Å²) in [5.41, 5.74) is 3.09. The largest absolute Gasteiger partial charge is 0.507 e. The van der Waals surface area contributed by atoms with Gasteiger partial charge in [0, 0.05) is 37.1 Å². The van der Waals surface area contributed by atoms with Crippen molar-refractivity contribution >= 4 is 16.6 Å². The zero-order valence-electron chi connectivity index (χ0n) is 13.5. The molecule has 0 bridgehead atoms. The molecule has 1 aliphatic rings. The number of aromatic nitrogens is 3. The molecule has 0 aliphatic carbocycles. The minimum atomic E-state index is 0.116. The maximum Gasteiger partial charge on any atom is 0.141 e. The Hall–Kier alpha value is -3.24. The summed E-state index contributed by atoms with van der Waals surface area (Å²) >= 11 is 0. The summed E-state index contributed by atoms with van der Waals surface area (Å²) in [6.07, 6.45) is 1.74. The van der Waals surface area contributed by atoms with Crippen LogP contribution in [0.4, 0.5) is 5.69 Å². The van der Waals surface area contributed by atoms with Gasteiger partial charge in [0.25, 0.3) is 0 Å². The molecule has 2 N–H and O–H groups in total. The number of phenols is 1. The average Bonchev–Trinajstić information content (AvgIpc) is 2.68. The molecule has 0 atom stereocenters. The van der Waals surface area contributed by atoms with Gasteiger partial charge in [0.15, 0.2) is 0 Å². The Morgan fingerprint density at radius 2 is 2.00 bits per heavy atom. The van der Waals surface area contributed by atoms with Crippen LogP contribution >= 0.6 is 0 Å². The van der Waals surface area contributed by atoms with Crippen molar-refractivity contribution in [2.75, 3.05) is 31.1 Å². The van der Waals surface area contributed by atoms with Crippen LogP contribution < -0.4 is 10.2 Å². The van der Waals surface area contributed by atoms with Gasteiger partial charge in [-0.25, -0.2) is 4.98 Å². The topological polar surface area (TPSA) is 98.0 Å². The SMILES string of the molecule is N#Cc1ccc2cc(O)c(-c3cc(N4CCNCC4)cnn3)cc2n1. The second kappa shape index (κ2) is 6.34. The van der Waals surface area contributed by atoms with Crippen LogP contribution in [0.2, 0.25) is 0 Å². The van der Waals surface area contributed by atoms with Gasteiger partial charge in [-0.05, 0) is 30.3 Å². The molecule has 4 rings (SSSR count). The predicted molar refractivity (Wildman–Crippen MR) is 94.2 cm³/mol. The number of pyridine rings is 1. The Labute approximate surface area is 144 Å². The van der Waals surface area contributed by atoms with Gasteiger partial charge in [-0.2, -0.15) is 15.5 Å². The first-order chi connectivity index (χ1) is 12.2. The van der Waals surface area contributed by atoms with Crippen molar-refractivity contribution in [2.24, 2.45) is 0 Å². The van der Waals surface area contributed by atoms with Gasteiger partial charge < -0.3 is 15.3 Å². The van der Waals surface area contributed by atoms with E-state index in [1.54, 1.807) is 30.5 Å². The van der Waals surface area contributed by atoms with Crippen LogP contribution in [-0.2, 0) is 0 Å². The van der Waals surface area contributed by atoms with Gasteiger partial charge in [0.2, 0.25) is 0 Å². The van der Waals surface area contributed by atoms with Crippen molar-refractivity contribution in [3.8, 4) is 23.1 Å². The Morgan fingerprint density at radius 3 is 2.80 bits per heavy atom. The third kappa shape index (κ3) is 2.95. The van der Waals surface area contributed by atoms with Gasteiger partial charge >= 0.3 is 0 Å². The highest BCUT2D eigenvalue weighted by atomic mass is 16.3. The highest BCUT2D eigenvalue weighted by Crippen LogP contribution is 2.33. The number of hydrogen-bond donors (Lipinski definition) is 2. The van der Waals surface area contributed by atoms with E-state index >= 15 is 0 Å². The number of rotatable bonds is 2. The Bertz CT molecular complexity index is 975. The summed E-state index contributed by atoms with van der Waals surface area (Å²) in [4.78, 5) is 6.53. The number of fused-ring (bicyclic) bond motifs is 1. The van der Waals surface area contributed by atoms with Gasteiger partial charge in [-0.1, -0.05) is 0 Å². The molecular weight excluding hydrogens is 316 g/mol. The molecule has 25 heavy (non-hydrogen) atoms. The maximum absolute atomic E-state index is 10.4.